The number of halogens is 1. The Kier molecular flexibility index (Phi) is 3.15. The molecule has 0 fully saturated rings. The molecule has 4 heterocycles. The van der Waals surface area contributed by atoms with E-state index in [2.05, 4.69) is 20.3 Å². The number of rotatable bonds is 2. The number of nitrogens with zero attached hydrogens (tertiary/aromatic N) is 4. The Morgan fingerprint density at radius 1 is 1.17 bits per heavy atom. The summed E-state index contributed by atoms with van der Waals surface area (Å²) in [5.74, 6) is 0.414. The van der Waals surface area contributed by atoms with Gasteiger partial charge in [-0.2, -0.15) is 0 Å². The van der Waals surface area contributed by atoms with Gasteiger partial charge in [0.15, 0.2) is 0 Å². The topological polar surface area (TPSA) is 64.3 Å². The summed E-state index contributed by atoms with van der Waals surface area (Å²) in [6.07, 6.45) is 7.78. The first-order valence-corrected chi connectivity index (χ1v) is 7.21. The zero-order valence-corrected chi connectivity index (χ0v) is 12.4. The Labute approximate surface area is 132 Å². The van der Waals surface area contributed by atoms with Gasteiger partial charge >= 0.3 is 0 Å². The van der Waals surface area contributed by atoms with E-state index in [1.807, 2.05) is 25.1 Å². The number of allylic oxidation sites excluding steroid dienone is 2. The second-order valence-electron chi connectivity index (χ2n) is 5.30. The molecule has 0 spiro atoms. The van der Waals surface area contributed by atoms with E-state index in [4.69, 9.17) is 5.32 Å². The molecular weight excluding hydrogens is 293 g/mol. The predicted octanol–water partition coefficient (Wildman–Crippen LogP) is 3.10. The van der Waals surface area contributed by atoms with E-state index in [0.717, 1.165) is 17.1 Å². The third-order valence-electron chi connectivity index (χ3n) is 3.72. The van der Waals surface area contributed by atoms with Crippen LogP contribution in [0.2, 0.25) is 0 Å². The van der Waals surface area contributed by atoms with Gasteiger partial charge in [0.05, 0.1) is 12.0 Å². The van der Waals surface area contributed by atoms with Gasteiger partial charge in [0.1, 0.15) is 5.82 Å². The maximum atomic E-state index is 14.3. The van der Waals surface area contributed by atoms with E-state index in [-0.39, 0.29) is 12.0 Å². The molecule has 1 unspecified atom stereocenters. The molecule has 23 heavy (non-hydrogen) atoms. The second-order valence-corrected chi connectivity index (χ2v) is 5.30. The molecule has 6 heteroatoms. The quantitative estimate of drug-likeness (QED) is 0.927. The normalized spacial score (nSPS) is 19.5. The summed E-state index contributed by atoms with van der Waals surface area (Å²) in [5.41, 5.74) is 3.51. The van der Waals surface area contributed by atoms with E-state index in [9.17, 15) is 4.39 Å². The van der Waals surface area contributed by atoms with Gasteiger partial charge in [-0.15, -0.1) is 5.70 Å². The third-order valence-corrected chi connectivity index (χ3v) is 3.72. The average molecular weight is 306 g/mol. The Bertz CT molecular complexity index is 854. The molecular formula is C17H13FN5-. The Morgan fingerprint density at radius 2 is 2.04 bits per heavy atom. The first-order chi connectivity index (χ1) is 11.2. The Hall–Kier alpha value is -3.02. The van der Waals surface area contributed by atoms with Crippen LogP contribution < -0.4 is 5.32 Å². The lowest BCUT2D eigenvalue weighted by Gasteiger charge is -2.37. The number of aromatic nitrogens is 2. The fourth-order valence-corrected chi connectivity index (χ4v) is 2.72. The summed E-state index contributed by atoms with van der Waals surface area (Å²) >= 11 is 0. The minimum absolute atomic E-state index is 0.307. The first-order valence-electron chi connectivity index (χ1n) is 7.21. The number of nitrogens with one attached hydrogen (secondary N) is 1. The molecule has 0 aromatic carbocycles. The van der Waals surface area contributed by atoms with Gasteiger partial charge in [0.2, 0.25) is 0 Å². The molecule has 114 valence electrons. The Balaban J connectivity index is 1.91. The van der Waals surface area contributed by atoms with Crippen LogP contribution in [-0.2, 0) is 0 Å². The van der Waals surface area contributed by atoms with Crippen molar-refractivity contribution in [3.8, 4) is 0 Å². The maximum absolute atomic E-state index is 14.3. The highest BCUT2D eigenvalue weighted by atomic mass is 19.1. The molecule has 0 saturated carbocycles. The first kappa shape index (κ1) is 13.6. The number of pyridine rings is 2. The van der Waals surface area contributed by atoms with Crippen molar-refractivity contribution in [2.45, 2.75) is 13.1 Å². The standard InChI is InChI=1S/C17H13FN5/c1-10-21-15-7-13(12-4-6-20-9-14(12)18)16(23-17(15)22-10)11-3-2-5-19-8-11/h2-9,17H,1H3,(H,21,22)/q-1. The van der Waals surface area contributed by atoms with Crippen molar-refractivity contribution in [2.24, 2.45) is 4.99 Å². The highest BCUT2D eigenvalue weighted by Gasteiger charge is 2.21. The lowest BCUT2D eigenvalue weighted by Crippen LogP contribution is -2.19. The number of hydrogen-bond acceptors (Lipinski definition) is 4. The molecule has 2 aromatic heterocycles. The summed E-state index contributed by atoms with van der Waals surface area (Å²) in [6.45, 7) is 1.88. The molecule has 2 aromatic rings. The van der Waals surface area contributed by atoms with Gasteiger partial charge < -0.3 is 10.6 Å². The van der Waals surface area contributed by atoms with Crippen molar-refractivity contribution in [1.29, 1.82) is 0 Å². The summed E-state index contributed by atoms with van der Waals surface area (Å²) in [4.78, 5) is 12.4. The zero-order chi connectivity index (χ0) is 15.8. The van der Waals surface area contributed by atoms with Crippen molar-refractivity contribution < 1.29 is 4.39 Å². The summed E-state index contributed by atoms with van der Waals surface area (Å²) in [7, 11) is 0. The molecule has 0 radical (unpaired) electrons. The van der Waals surface area contributed by atoms with Crippen LogP contribution in [0.1, 0.15) is 18.1 Å². The van der Waals surface area contributed by atoms with Crippen molar-refractivity contribution in [3.05, 3.63) is 77.0 Å². The van der Waals surface area contributed by atoms with Crippen LogP contribution in [-0.4, -0.2) is 22.0 Å². The molecule has 0 aliphatic carbocycles. The molecule has 0 amide bonds. The molecule has 1 atom stereocenters. The highest BCUT2D eigenvalue weighted by molar-refractivity contribution is 6.03. The zero-order valence-electron chi connectivity index (χ0n) is 12.4. The van der Waals surface area contributed by atoms with Gasteiger partial charge in [-0.05, 0) is 36.3 Å². The van der Waals surface area contributed by atoms with Crippen LogP contribution in [0.5, 0.6) is 0 Å². The molecule has 2 aliphatic heterocycles. The van der Waals surface area contributed by atoms with Crippen LogP contribution in [0.25, 0.3) is 16.6 Å². The van der Waals surface area contributed by atoms with Crippen molar-refractivity contribution >= 4 is 17.1 Å². The lowest BCUT2D eigenvalue weighted by atomic mass is 9.96. The number of amidine groups is 1. The maximum Gasteiger partial charge on any atom is 0.149 e. The average Bonchev–Trinajstić information content (AvgIpc) is 2.94. The third kappa shape index (κ3) is 2.38. The molecule has 5 nitrogen and oxygen atoms in total. The summed E-state index contributed by atoms with van der Waals surface area (Å²) < 4.78 is 14.3. The van der Waals surface area contributed by atoms with E-state index in [0.29, 0.717) is 16.8 Å². The van der Waals surface area contributed by atoms with E-state index in [1.165, 1.54) is 6.20 Å². The van der Waals surface area contributed by atoms with Crippen LogP contribution in [0, 0.1) is 5.82 Å². The fraction of sp³-hybridized carbons (Fsp3) is 0.118. The smallest absolute Gasteiger partial charge is 0.149 e. The van der Waals surface area contributed by atoms with Crippen LogP contribution >= 0.6 is 0 Å². The van der Waals surface area contributed by atoms with Gasteiger partial charge in [0, 0.05) is 36.0 Å². The summed E-state index contributed by atoms with van der Waals surface area (Å²) in [5, 5.41) is 7.87. The predicted molar refractivity (Wildman–Crippen MR) is 86.7 cm³/mol. The van der Waals surface area contributed by atoms with E-state index in [1.54, 1.807) is 24.7 Å². The Morgan fingerprint density at radius 3 is 2.83 bits per heavy atom. The van der Waals surface area contributed by atoms with Gasteiger partial charge in [-0.1, -0.05) is 6.07 Å². The second kappa shape index (κ2) is 5.31. The summed E-state index contributed by atoms with van der Waals surface area (Å²) in [6, 6.07) is 5.39. The number of fused-ring (bicyclic) bond motifs is 1. The highest BCUT2D eigenvalue weighted by Crippen LogP contribution is 2.40. The fourth-order valence-electron chi connectivity index (χ4n) is 2.72. The van der Waals surface area contributed by atoms with Gasteiger partial charge in [0.25, 0.3) is 0 Å². The van der Waals surface area contributed by atoms with Crippen LogP contribution in [0.15, 0.2) is 59.8 Å². The van der Waals surface area contributed by atoms with Gasteiger partial charge in [-0.25, -0.2) is 4.39 Å². The number of aliphatic imine (C=N–C) groups is 1. The van der Waals surface area contributed by atoms with Crippen LogP contribution in [0.3, 0.4) is 0 Å². The van der Waals surface area contributed by atoms with E-state index < -0.39 is 0 Å². The van der Waals surface area contributed by atoms with Crippen LogP contribution in [0.4, 0.5) is 4.39 Å². The van der Waals surface area contributed by atoms with Gasteiger partial charge in [-0.3, -0.25) is 15.0 Å². The lowest BCUT2D eigenvalue weighted by molar-refractivity contribution is 0.617. The number of hydrogen-bond donors (Lipinski definition) is 1. The molecule has 4 rings (SSSR count). The SMILES string of the molecule is CC1=NC2[N-]C(c3cccnc3)=C(c3ccncc3F)C=C2N1. The molecule has 0 bridgehead atoms. The van der Waals surface area contributed by atoms with Crippen molar-refractivity contribution in [1.82, 2.24) is 15.3 Å². The minimum Gasteiger partial charge on any atom is -0.657 e. The van der Waals surface area contributed by atoms with Crippen molar-refractivity contribution in [3.63, 3.8) is 0 Å². The molecule has 0 saturated heterocycles. The largest absolute Gasteiger partial charge is 0.657 e. The van der Waals surface area contributed by atoms with E-state index >= 15 is 0 Å². The minimum atomic E-state index is -0.384. The van der Waals surface area contributed by atoms with Crippen molar-refractivity contribution in [2.75, 3.05) is 0 Å². The monoisotopic (exact) mass is 306 g/mol. The molecule has 2 aliphatic rings. The molecule has 1 N–H and O–H groups in total.